The van der Waals surface area contributed by atoms with Crippen LogP contribution >= 0.6 is 15.2 Å². The average Bonchev–Trinajstić information content (AvgIpc) is 2.14. The van der Waals surface area contributed by atoms with Crippen molar-refractivity contribution >= 4 is 15.2 Å². The van der Waals surface area contributed by atoms with Gasteiger partial charge >= 0.3 is 21.1 Å². The van der Waals surface area contributed by atoms with Crippen molar-refractivity contribution < 1.29 is 49.8 Å². The number of benzene rings is 1. The Morgan fingerprint density at radius 1 is 1.05 bits per heavy atom. The first-order valence-corrected chi connectivity index (χ1v) is 7.16. The van der Waals surface area contributed by atoms with Gasteiger partial charge < -0.3 is 42.2 Å². The summed E-state index contributed by atoms with van der Waals surface area (Å²) in [6, 6.07) is 6.04. The van der Waals surface area contributed by atoms with Crippen molar-refractivity contribution in [2.24, 2.45) is 0 Å². The number of nitrogens with two attached hydrogens (primary N) is 2. The number of hydrogen-bond acceptors (Lipinski definition) is 5. The molecule has 114 valence electrons. The summed E-state index contributed by atoms with van der Waals surface area (Å²) in [5.74, 6) is 0. The van der Waals surface area contributed by atoms with Gasteiger partial charge in [0.05, 0.1) is 0 Å². The van der Waals surface area contributed by atoms with Crippen molar-refractivity contribution in [2.75, 3.05) is 0 Å². The van der Waals surface area contributed by atoms with Gasteiger partial charge in [0.1, 0.15) is 0 Å². The minimum Gasteiger partial charge on any atom is -0.811 e. The van der Waals surface area contributed by atoms with Crippen LogP contribution in [0.5, 0.6) is 0 Å². The molecule has 0 aliphatic carbocycles. The molecule has 7 N–H and O–H groups in total. The van der Waals surface area contributed by atoms with E-state index in [-0.39, 0.29) is 33.4 Å². The fourth-order valence-corrected chi connectivity index (χ4v) is 3.40. The Labute approximate surface area is 124 Å². The first-order valence-electron chi connectivity index (χ1n) is 3.99. The molecule has 1 aromatic carbocycles. The standard InChI is InChI=1S/C7H10NO6P2.2H2N.Pt/c8-7(15(9,10)11,16(12,13)14)6-4-2-1-3-5-6;;;/h1-5,8H,(H2,9,10,11)(H2,12,13,14);2*1H2;/q3*-1;+2/p-2. The Bertz CT molecular complexity index is 453. The normalized spacial score (nSPS) is 16.7. The number of rotatable bonds is 3. The maximum atomic E-state index is 11.0. The zero-order valence-corrected chi connectivity index (χ0v) is 13.4. The minimum atomic E-state index is -5.83. The zero-order valence-electron chi connectivity index (χ0n) is 9.29. The predicted octanol–water partition coefficient (Wildman–Crippen LogP) is 0.472. The van der Waals surface area contributed by atoms with E-state index >= 15 is 0 Å². The summed E-state index contributed by atoms with van der Waals surface area (Å²) in [6.45, 7) is 0. The summed E-state index contributed by atoms with van der Waals surface area (Å²) in [7, 11) is -11.3. The third-order valence-electron chi connectivity index (χ3n) is 2.00. The SMILES string of the molecule is [NH-]C(c1ccccc1)(P(=O)([O-])[O-])P(=O)([O-])[OH2+].[NH2-].[NH2-].[Pt+2]. The molecule has 1 aromatic rings. The topological polar surface area (TPSA) is 217 Å². The van der Waals surface area contributed by atoms with E-state index in [1.54, 1.807) is 0 Å². The third kappa shape index (κ3) is 4.55. The molecule has 0 aliphatic heterocycles. The molecule has 0 amide bonds. The van der Waals surface area contributed by atoms with Crippen LogP contribution < -0.4 is 14.7 Å². The van der Waals surface area contributed by atoms with Crippen LogP contribution in [0.15, 0.2) is 30.3 Å². The smallest absolute Gasteiger partial charge is 0.811 e. The maximum absolute atomic E-state index is 11.0. The van der Waals surface area contributed by atoms with Gasteiger partial charge in [-0.25, -0.2) is 0 Å². The van der Waals surface area contributed by atoms with Crippen LogP contribution in [0, 0.1) is 0 Å². The predicted molar refractivity (Wildman–Crippen MR) is 61.8 cm³/mol. The van der Waals surface area contributed by atoms with Crippen molar-refractivity contribution in [3.05, 3.63) is 53.9 Å². The Morgan fingerprint density at radius 3 is 1.68 bits per heavy atom. The van der Waals surface area contributed by atoms with Crippen molar-refractivity contribution in [1.82, 2.24) is 0 Å². The first kappa shape index (κ1) is 24.1. The van der Waals surface area contributed by atoms with E-state index in [1.807, 2.05) is 0 Å². The van der Waals surface area contributed by atoms with Gasteiger partial charge in [0.15, 0.2) is 0 Å². The molecule has 0 saturated carbocycles. The zero-order chi connectivity index (χ0) is 12.6. The molecular weight excluding hydrogens is 479 g/mol. The van der Waals surface area contributed by atoms with Crippen molar-refractivity contribution in [1.29, 1.82) is 0 Å². The second-order valence-corrected chi connectivity index (χ2v) is 6.88. The molecule has 12 heteroatoms. The fourth-order valence-electron chi connectivity index (χ4n) is 1.16. The van der Waals surface area contributed by atoms with Gasteiger partial charge in [-0.15, -0.1) is 0 Å². The molecule has 0 spiro atoms. The van der Waals surface area contributed by atoms with Crippen LogP contribution in [-0.4, -0.2) is 4.89 Å². The summed E-state index contributed by atoms with van der Waals surface area (Å²) < 4.78 is 21.9. The van der Waals surface area contributed by atoms with Crippen LogP contribution in [0.4, 0.5) is 0 Å². The Kier molecular flexibility index (Phi) is 9.86. The fraction of sp³-hybridized carbons (Fsp3) is 0.143. The van der Waals surface area contributed by atoms with Gasteiger partial charge in [-0.05, 0) is 5.56 Å². The van der Waals surface area contributed by atoms with Gasteiger partial charge in [0, 0.05) is 5.02 Å². The molecular formula is C7H12N3O6P2Pt-3. The minimum absolute atomic E-state index is 0. The molecule has 0 saturated heterocycles. The summed E-state index contributed by atoms with van der Waals surface area (Å²) in [5.41, 5.74) is 6.77. The Balaban J connectivity index is -0.000000853. The second-order valence-electron chi connectivity index (χ2n) is 3.09. The van der Waals surface area contributed by atoms with Crippen LogP contribution in [-0.2, 0) is 35.2 Å². The Morgan fingerprint density at radius 2 is 1.42 bits per heavy atom. The van der Waals surface area contributed by atoms with Crippen LogP contribution in [0.25, 0.3) is 18.0 Å². The van der Waals surface area contributed by atoms with Gasteiger partial charge in [-0.1, -0.05) is 37.9 Å². The molecule has 1 rings (SSSR count). The van der Waals surface area contributed by atoms with E-state index < -0.39 is 25.8 Å². The van der Waals surface area contributed by atoms with Crippen molar-refractivity contribution in [3.8, 4) is 0 Å². The monoisotopic (exact) mass is 491 g/mol. The molecule has 0 aliphatic rings. The quantitative estimate of drug-likeness (QED) is 0.434. The molecule has 2 atom stereocenters. The van der Waals surface area contributed by atoms with Gasteiger partial charge in [-0.2, -0.15) is 0 Å². The van der Waals surface area contributed by atoms with Crippen LogP contribution in [0.2, 0.25) is 0 Å². The van der Waals surface area contributed by atoms with E-state index in [1.165, 1.54) is 18.2 Å². The summed E-state index contributed by atoms with van der Waals surface area (Å²) in [5, 5.41) is -3.47. The van der Waals surface area contributed by atoms with Crippen LogP contribution in [0.1, 0.15) is 5.56 Å². The van der Waals surface area contributed by atoms with E-state index in [9.17, 15) is 23.8 Å². The summed E-state index contributed by atoms with van der Waals surface area (Å²) >= 11 is 0. The van der Waals surface area contributed by atoms with E-state index in [0.29, 0.717) is 0 Å². The summed E-state index contributed by atoms with van der Waals surface area (Å²) in [6.07, 6.45) is 0. The molecule has 0 bridgehead atoms. The number of nitrogens with one attached hydrogen (secondary N) is 1. The van der Waals surface area contributed by atoms with E-state index in [2.05, 4.69) is 0 Å². The van der Waals surface area contributed by atoms with Crippen molar-refractivity contribution in [2.45, 2.75) is 5.02 Å². The van der Waals surface area contributed by atoms with Crippen molar-refractivity contribution in [3.63, 3.8) is 0 Å². The molecule has 2 unspecified atom stereocenters. The second kappa shape index (κ2) is 7.76. The molecule has 0 aromatic heterocycles. The van der Waals surface area contributed by atoms with Gasteiger partial charge in [0.25, 0.3) is 7.60 Å². The number of hydrogen-bond donors (Lipinski definition) is 0. The molecule has 0 heterocycles. The van der Waals surface area contributed by atoms with Crippen LogP contribution in [0.3, 0.4) is 0 Å². The first-order chi connectivity index (χ1) is 7.11. The molecule has 9 nitrogen and oxygen atoms in total. The molecule has 0 radical (unpaired) electrons. The maximum Gasteiger partial charge on any atom is 2.00 e. The summed E-state index contributed by atoms with van der Waals surface area (Å²) in [4.78, 5) is 39.5. The largest absolute Gasteiger partial charge is 2.00 e. The Hall–Kier alpha value is 0.0883. The van der Waals surface area contributed by atoms with E-state index in [0.717, 1.165) is 12.1 Å². The third-order valence-corrected chi connectivity index (χ3v) is 5.68. The van der Waals surface area contributed by atoms with Gasteiger partial charge in [-0.3, -0.25) is 4.57 Å². The molecule has 19 heavy (non-hydrogen) atoms. The average molecular weight is 491 g/mol. The van der Waals surface area contributed by atoms with E-state index in [4.69, 9.17) is 10.6 Å². The molecule has 0 fully saturated rings. The van der Waals surface area contributed by atoms with Gasteiger partial charge in [0.2, 0.25) is 0 Å².